The summed E-state index contributed by atoms with van der Waals surface area (Å²) in [7, 11) is 0. The van der Waals surface area contributed by atoms with Crippen LogP contribution in [0.5, 0.6) is 0 Å². The molecule has 0 saturated heterocycles. The van der Waals surface area contributed by atoms with E-state index in [-0.39, 0.29) is 17.9 Å². The first kappa shape index (κ1) is 10.2. The summed E-state index contributed by atoms with van der Waals surface area (Å²) >= 11 is 0. The Morgan fingerprint density at radius 2 is 2.08 bits per heavy atom. The number of aromatic nitrogens is 2. The van der Waals surface area contributed by atoms with E-state index >= 15 is 0 Å². The lowest BCUT2D eigenvalue weighted by Crippen LogP contribution is -2.22. The molecule has 0 aromatic carbocycles. The van der Waals surface area contributed by atoms with Gasteiger partial charge in [0.2, 0.25) is 5.89 Å². The number of nitrogens with zero attached hydrogens (tertiary/aromatic N) is 2. The summed E-state index contributed by atoms with van der Waals surface area (Å²) in [5.74, 6) is 1.04. The fourth-order valence-corrected chi connectivity index (χ4v) is 1.18. The van der Waals surface area contributed by atoms with Crippen molar-refractivity contribution in [3.8, 4) is 0 Å². The van der Waals surface area contributed by atoms with Gasteiger partial charge in [-0.1, -0.05) is 25.9 Å². The smallest absolute Gasteiger partial charge is 0.232 e. The normalized spacial score (nSPS) is 14.5. The van der Waals surface area contributed by atoms with Crippen LogP contribution in [0.3, 0.4) is 0 Å². The first-order valence-corrected chi connectivity index (χ1v) is 4.36. The van der Waals surface area contributed by atoms with Crippen LogP contribution in [0.2, 0.25) is 0 Å². The Morgan fingerprint density at radius 3 is 2.38 bits per heavy atom. The lowest BCUT2D eigenvalue weighted by Gasteiger charge is -2.25. The summed E-state index contributed by atoms with van der Waals surface area (Å²) in [6, 6.07) is 0. The topological polar surface area (TPSA) is 59.2 Å². The van der Waals surface area contributed by atoms with Gasteiger partial charge < -0.3 is 9.63 Å². The third kappa shape index (κ3) is 2.28. The van der Waals surface area contributed by atoms with Crippen molar-refractivity contribution in [1.82, 2.24) is 10.1 Å². The Morgan fingerprint density at radius 1 is 1.46 bits per heavy atom. The molecule has 74 valence electrons. The van der Waals surface area contributed by atoms with Gasteiger partial charge in [-0.15, -0.1) is 0 Å². The largest absolute Gasteiger partial charge is 0.396 e. The third-order valence-electron chi connectivity index (χ3n) is 2.07. The van der Waals surface area contributed by atoms with E-state index in [2.05, 4.69) is 10.1 Å². The Kier molecular flexibility index (Phi) is 2.71. The molecular weight excluding hydrogens is 168 g/mol. The monoisotopic (exact) mass is 184 g/mol. The van der Waals surface area contributed by atoms with Gasteiger partial charge in [-0.25, -0.2) is 0 Å². The molecule has 0 aliphatic carbocycles. The number of hydrogen-bond acceptors (Lipinski definition) is 4. The molecule has 1 aromatic rings. The molecule has 0 aliphatic rings. The third-order valence-corrected chi connectivity index (χ3v) is 2.07. The maximum atomic E-state index is 9.20. The van der Waals surface area contributed by atoms with Crippen LogP contribution in [0.1, 0.15) is 38.4 Å². The minimum absolute atomic E-state index is 0.0329. The predicted molar refractivity (Wildman–Crippen MR) is 48.3 cm³/mol. The summed E-state index contributed by atoms with van der Waals surface area (Å²) in [4.78, 5) is 4.11. The molecule has 0 amide bonds. The molecule has 0 radical (unpaired) electrons. The maximum absolute atomic E-state index is 9.20. The second kappa shape index (κ2) is 3.46. The molecule has 4 nitrogen and oxygen atoms in total. The van der Waals surface area contributed by atoms with E-state index in [4.69, 9.17) is 4.52 Å². The summed E-state index contributed by atoms with van der Waals surface area (Å²) in [6.07, 6.45) is 0. The summed E-state index contributed by atoms with van der Waals surface area (Å²) < 4.78 is 5.02. The van der Waals surface area contributed by atoms with Crippen molar-refractivity contribution in [3.63, 3.8) is 0 Å². The lowest BCUT2D eigenvalue weighted by atomic mass is 9.81. The Balaban J connectivity index is 2.91. The lowest BCUT2D eigenvalue weighted by molar-refractivity contribution is 0.156. The number of aliphatic hydroxyl groups is 1. The zero-order valence-electron chi connectivity index (χ0n) is 8.53. The second-order valence-electron chi connectivity index (χ2n) is 4.28. The van der Waals surface area contributed by atoms with Gasteiger partial charge in [-0.3, -0.25) is 0 Å². The SMILES string of the molecule is Cc1noc([C@@H](CO)C(C)(C)C)n1. The average Bonchev–Trinajstić information content (AvgIpc) is 2.34. The molecule has 0 saturated carbocycles. The number of aryl methyl sites for hydroxylation is 1. The summed E-state index contributed by atoms with van der Waals surface area (Å²) in [5, 5.41) is 12.9. The molecule has 1 heterocycles. The van der Waals surface area contributed by atoms with Crippen LogP contribution in [-0.4, -0.2) is 21.9 Å². The molecule has 4 heteroatoms. The van der Waals surface area contributed by atoms with Crippen molar-refractivity contribution < 1.29 is 9.63 Å². The van der Waals surface area contributed by atoms with Crippen LogP contribution in [0.4, 0.5) is 0 Å². The number of aliphatic hydroxyl groups excluding tert-OH is 1. The van der Waals surface area contributed by atoms with Crippen LogP contribution < -0.4 is 0 Å². The van der Waals surface area contributed by atoms with Crippen molar-refractivity contribution in [3.05, 3.63) is 11.7 Å². The van der Waals surface area contributed by atoms with E-state index in [9.17, 15) is 5.11 Å². The van der Waals surface area contributed by atoms with E-state index in [1.165, 1.54) is 0 Å². The highest BCUT2D eigenvalue weighted by molar-refractivity contribution is 4.98. The highest BCUT2D eigenvalue weighted by Gasteiger charge is 2.30. The van der Waals surface area contributed by atoms with Crippen LogP contribution >= 0.6 is 0 Å². The first-order valence-electron chi connectivity index (χ1n) is 4.36. The van der Waals surface area contributed by atoms with E-state index in [0.717, 1.165) is 0 Å². The molecule has 0 spiro atoms. The molecule has 0 fully saturated rings. The summed E-state index contributed by atoms with van der Waals surface area (Å²) in [5.41, 5.74) is -0.0618. The minimum Gasteiger partial charge on any atom is -0.396 e. The van der Waals surface area contributed by atoms with Crippen molar-refractivity contribution in [1.29, 1.82) is 0 Å². The van der Waals surface area contributed by atoms with Gasteiger partial charge in [0, 0.05) is 0 Å². The molecule has 13 heavy (non-hydrogen) atoms. The molecule has 1 rings (SSSR count). The molecule has 0 aliphatic heterocycles. The van der Waals surface area contributed by atoms with Gasteiger partial charge >= 0.3 is 0 Å². The number of hydrogen-bond donors (Lipinski definition) is 1. The highest BCUT2D eigenvalue weighted by atomic mass is 16.5. The van der Waals surface area contributed by atoms with Crippen molar-refractivity contribution in [2.75, 3.05) is 6.61 Å². The van der Waals surface area contributed by atoms with Gasteiger partial charge in [0.1, 0.15) is 0 Å². The van der Waals surface area contributed by atoms with E-state index in [0.29, 0.717) is 11.7 Å². The van der Waals surface area contributed by atoms with Gasteiger partial charge in [0.25, 0.3) is 0 Å². The first-order chi connectivity index (χ1) is 5.95. The predicted octanol–water partition coefficient (Wildman–Crippen LogP) is 1.50. The van der Waals surface area contributed by atoms with Gasteiger partial charge in [0.15, 0.2) is 5.82 Å². The minimum atomic E-state index is -0.0892. The van der Waals surface area contributed by atoms with E-state index in [1.54, 1.807) is 6.92 Å². The van der Waals surface area contributed by atoms with Crippen molar-refractivity contribution in [2.45, 2.75) is 33.6 Å². The van der Waals surface area contributed by atoms with Gasteiger partial charge in [-0.2, -0.15) is 4.98 Å². The Hall–Kier alpha value is -0.900. The van der Waals surface area contributed by atoms with Gasteiger partial charge in [-0.05, 0) is 12.3 Å². The van der Waals surface area contributed by atoms with Crippen LogP contribution in [0.25, 0.3) is 0 Å². The second-order valence-corrected chi connectivity index (χ2v) is 4.28. The fourth-order valence-electron chi connectivity index (χ4n) is 1.18. The molecular formula is C9H16N2O2. The van der Waals surface area contributed by atoms with Crippen LogP contribution in [0, 0.1) is 12.3 Å². The molecule has 1 N–H and O–H groups in total. The number of rotatable bonds is 2. The zero-order chi connectivity index (χ0) is 10.1. The van der Waals surface area contributed by atoms with Gasteiger partial charge in [0.05, 0.1) is 12.5 Å². The quantitative estimate of drug-likeness (QED) is 0.756. The van der Waals surface area contributed by atoms with Crippen molar-refractivity contribution in [2.24, 2.45) is 5.41 Å². The molecule has 0 unspecified atom stereocenters. The molecule has 0 bridgehead atoms. The highest BCUT2D eigenvalue weighted by Crippen LogP contribution is 2.33. The standard InChI is InChI=1S/C9H16N2O2/c1-6-10-8(13-11-6)7(5-12)9(2,3)4/h7,12H,5H2,1-4H3/t7-/m1/s1. The van der Waals surface area contributed by atoms with Crippen LogP contribution in [0.15, 0.2) is 4.52 Å². The van der Waals surface area contributed by atoms with Crippen LogP contribution in [-0.2, 0) is 0 Å². The fraction of sp³-hybridized carbons (Fsp3) is 0.778. The molecule has 1 aromatic heterocycles. The Bertz CT molecular complexity index is 275. The van der Waals surface area contributed by atoms with E-state index < -0.39 is 0 Å². The zero-order valence-corrected chi connectivity index (χ0v) is 8.53. The average molecular weight is 184 g/mol. The van der Waals surface area contributed by atoms with E-state index in [1.807, 2.05) is 20.8 Å². The summed E-state index contributed by atoms with van der Waals surface area (Å²) in [6.45, 7) is 7.91. The van der Waals surface area contributed by atoms with Crippen molar-refractivity contribution >= 4 is 0 Å². The molecule has 1 atom stereocenters. The maximum Gasteiger partial charge on any atom is 0.232 e. The Labute approximate surface area is 78.0 Å².